The first-order valence-corrected chi connectivity index (χ1v) is 7.66. The molecule has 7 heteroatoms. The van der Waals surface area contributed by atoms with Crippen LogP contribution in [0.4, 0.5) is 10.1 Å². The van der Waals surface area contributed by atoms with Crippen molar-refractivity contribution in [1.82, 2.24) is 19.5 Å². The maximum absolute atomic E-state index is 13.9. The molecule has 4 aromatic rings. The number of imidazole rings is 1. The summed E-state index contributed by atoms with van der Waals surface area (Å²) in [5.74, 6) is 0.0612. The Morgan fingerprint density at radius 1 is 1.16 bits per heavy atom. The number of nitrogens with two attached hydrogens (primary N) is 1. The molecule has 0 fully saturated rings. The number of benzene rings is 2. The van der Waals surface area contributed by atoms with Crippen LogP contribution in [0.15, 0.2) is 59.7 Å². The van der Waals surface area contributed by atoms with Gasteiger partial charge >= 0.3 is 0 Å². The number of H-pyrrole nitrogens is 1. The Hall–Kier alpha value is -3.48. The van der Waals surface area contributed by atoms with Gasteiger partial charge in [0.25, 0.3) is 5.56 Å². The Balaban J connectivity index is 1.80. The molecule has 25 heavy (non-hydrogen) atoms. The van der Waals surface area contributed by atoms with Crippen LogP contribution in [0.2, 0.25) is 0 Å². The van der Waals surface area contributed by atoms with Crippen LogP contribution in [-0.2, 0) is 6.54 Å². The summed E-state index contributed by atoms with van der Waals surface area (Å²) in [5, 5.41) is 0. The Morgan fingerprint density at radius 2 is 2.00 bits per heavy atom. The van der Waals surface area contributed by atoms with E-state index in [4.69, 9.17) is 5.73 Å². The van der Waals surface area contributed by atoms with Gasteiger partial charge in [0, 0.05) is 16.8 Å². The largest absolute Gasteiger partial charge is 0.399 e. The summed E-state index contributed by atoms with van der Waals surface area (Å²) < 4.78 is 15.4. The average molecular weight is 335 g/mol. The number of anilines is 1. The highest BCUT2D eigenvalue weighted by atomic mass is 19.1. The van der Waals surface area contributed by atoms with Crippen LogP contribution in [0.3, 0.4) is 0 Å². The van der Waals surface area contributed by atoms with Crippen LogP contribution in [0.1, 0.15) is 5.56 Å². The lowest BCUT2D eigenvalue weighted by Gasteiger charge is -2.06. The van der Waals surface area contributed by atoms with E-state index in [2.05, 4.69) is 15.0 Å². The lowest BCUT2D eigenvalue weighted by Crippen LogP contribution is -2.14. The Morgan fingerprint density at radius 3 is 2.80 bits per heavy atom. The molecule has 0 radical (unpaired) electrons. The van der Waals surface area contributed by atoms with Crippen molar-refractivity contribution < 1.29 is 4.39 Å². The van der Waals surface area contributed by atoms with E-state index in [1.165, 1.54) is 12.4 Å². The first kappa shape index (κ1) is 15.1. The Bertz CT molecular complexity index is 1130. The summed E-state index contributed by atoms with van der Waals surface area (Å²) >= 11 is 0. The van der Waals surface area contributed by atoms with Crippen LogP contribution in [0, 0.1) is 5.82 Å². The summed E-state index contributed by atoms with van der Waals surface area (Å²) in [6.07, 6.45) is 1.49. The van der Waals surface area contributed by atoms with Gasteiger partial charge in [0.15, 0.2) is 11.2 Å². The number of aromatic amines is 1. The molecular weight excluding hydrogens is 321 g/mol. The molecule has 6 nitrogen and oxygen atoms in total. The van der Waals surface area contributed by atoms with Crippen LogP contribution in [0.25, 0.3) is 22.6 Å². The number of rotatable bonds is 3. The lowest BCUT2D eigenvalue weighted by atomic mass is 10.2. The molecule has 0 bridgehead atoms. The minimum absolute atomic E-state index is 0.200. The van der Waals surface area contributed by atoms with Gasteiger partial charge in [0.2, 0.25) is 0 Å². The molecule has 0 aliphatic carbocycles. The van der Waals surface area contributed by atoms with Crippen molar-refractivity contribution in [2.75, 3.05) is 5.73 Å². The summed E-state index contributed by atoms with van der Waals surface area (Å²) in [7, 11) is 0. The van der Waals surface area contributed by atoms with Gasteiger partial charge in [-0.15, -0.1) is 0 Å². The molecule has 0 atom stereocenters. The normalized spacial score (nSPS) is 11.1. The second kappa shape index (κ2) is 5.86. The molecule has 0 spiro atoms. The van der Waals surface area contributed by atoms with Crippen LogP contribution in [0.5, 0.6) is 0 Å². The highest BCUT2D eigenvalue weighted by Gasteiger charge is 2.13. The summed E-state index contributed by atoms with van der Waals surface area (Å²) in [4.78, 5) is 23.9. The topological polar surface area (TPSA) is 89.6 Å². The predicted octanol–water partition coefficient (Wildman–Crippen LogP) is 2.56. The molecule has 124 valence electrons. The third-order valence-electron chi connectivity index (χ3n) is 3.94. The first-order valence-electron chi connectivity index (χ1n) is 7.66. The molecule has 0 unspecified atom stereocenters. The van der Waals surface area contributed by atoms with Crippen LogP contribution in [-0.4, -0.2) is 19.5 Å². The van der Waals surface area contributed by atoms with Crippen molar-refractivity contribution in [3.8, 4) is 11.4 Å². The summed E-state index contributed by atoms with van der Waals surface area (Å²) in [6, 6.07) is 13.5. The number of nitrogen functional groups attached to an aromatic ring is 1. The van der Waals surface area contributed by atoms with Gasteiger partial charge in [-0.25, -0.2) is 14.4 Å². The third-order valence-corrected chi connectivity index (χ3v) is 3.94. The maximum atomic E-state index is 13.9. The van der Waals surface area contributed by atoms with Crippen molar-refractivity contribution in [1.29, 1.82) is 0 Å². The molecule has 2 heterocycles. The van der Waals surface area contributed by atoms with E-state index in [-0.39, 0.29) is 17.9 Å². The zero-order valence-electron chi connectivity index (χ0n) is 13.1. The number of aromatic nitrogens is 4. The minimum Gasteiger partial charge on any atom is -0.399 e. The smallest absolute Gasteiger partial charge is 0.277 e. The molecule has 0 saturated carbocycles. The first-order chi connectivity index (χ1) is 12.1. The number of fused-ring (bicyclic) bond motifs is 1. The van der Waals surface area contributed by atoms with Crippen molar-refractivity contribution >= 4 is 16.9 Å². The molecule has 0 amide bonds. The second-order valence-electron chi connectivity index (χ2n) is 5.68. The van der Waals surface area contributed by atoms with Crippen molar-refractivity contribution in [3.05, 3.63) is 76.6 Å². The van der Waals surface area contributed by atoms with Gasteiger partial charge in [0.1, 0.15) is 11.6 Å². The average Bonchev–Trinajstić information content (AvgIpc) is 3.00. The number of hydrogen-bond acceptors (Lipinski definition) is 4. The molecular formula is C18H14FN5O. The molecule has 3 N–H and O–H groups in total. The van der Waals surface area contributed by atoms with E-state index < -0.39 is 0 Å². The fourth-order valence-electron chi connectivity index (χ4n) is 2.74. The molecule has 2 aromatic carbocycles. The molecule has 2 aromatic heterocycles. The van der Waals surface area contributed by atoms with E-state index in [0.29, 0.717) is 33.8 Å². The lowest BCUT2D eigenvalue weighted by molar-refractivity contribution is 0.601. The maximum Gasteiger partial charge on any atom is 0.277 e. The van der Waals surface area contributed by atoms with E-state index in [1.54, 1.807) is 47.0 Å². The fraction of sp³-hybridized carbons (Fsp3) is 0.0556. The standard InChI is InChI=1S/C18H14FN5O/c19-14-7-2-1-4-12(14)9-24-10-21-17-15(24)18(25)23-16(22-17)11-5-3-6-13(20)8-11/h1-8,10H,9,20H2,(H,22,23,25). The number of nitrogens with zero attached hydrogens (tertiary/aromatic N) is 3. The molecule has 4 rings (SSSR count). The zero-order valence-corrected chi connectivity index (χ0v) is 13.1. The third kappa shape index (κ3) is 2.76. The van der Waals surface area contributed by atoms with Gasteiger partial charge in [-0.05, 0) is 18.2 Å². The molecule has 0 aliphatic rings. The molecule has 0 saturated heterocycles. The van der Waals surface area contributed by atoms with Gasteiger partial charge in [-0.2, -0.15) is 0 Å². The van der Waals surface area contributed by atoms with Crippen LogP contribution < -0.4 is 11.3 Å². The number of hydrogen-bond donors (Lipinski definition) is 2. The van der Waals surface area contributed by atoms with Gasteiger partial charge in [-0.1, -0.05) is 30.3 Å². The second-order valence-corrected chi connectivity index (χ2v) is 5.68. The van der Waals surface area contributed by atoms with Crippen molar-refractivity contribution in [2.45, 2.75) is 6.54 Å². The SMILES string of the molecule is Nc1cccc(-c2nc3ncn(Cc4ccccc4F)c3c(=O)[nH]2)c1. The zero-order chi connectivity index (χ0) is 17.4. The van der Waals surface area contributed by atoms with E-state index >= 15 is 0 Å². The molecule has 0 aliphatic heterocycles. The van der Waals surface area contributed by atoms with Gasteiger partial charge in [0.05, 0.1) is 12.9 Å². The Labute approximate surface area is 141 Å². The van der Waals surface area contributed by atoms with Crippen molar-refractivity contribution in [3.63, 3.8) is 0 Å². The van der Waals surface area contributed by atoms with Gasteiger partial charge < -0.3 is 15.3 Å². The highest BCUT2D eigenvalue weighted by molar-refractivity contribution is 5.73. The minimum atomic E-state index is -0.337. The predicted molar refractivity (Wildman–Crippen MR) is 93.5 cm³/mol. The van der Waals surface area contributed by atoms with Crippen LogP contribution >= 0.6 is 0 Å². The summed E-state index contributed by atoms with van der Waals surface area (Å²) in [6.45, 7) is 0.200. The number of nitrogens with one attached hydrogen (secondary N) is 1. The van der Waals surface area contributed by atoms with E-state index in [1.807, 2.05) is 0 Å². The van der Waals surface area contributed by atoms with Crippen molar-refractivity contribution in [2.24, 2.45) is 0 Å². The number of halogens is 1. The quantitative estimate of drug-likeness (QED) is 0.563. The van der Waals surface area contributed by atoms with Gasteiger partial charge in [-0.3, -0.25) is 4.79 Å². The monoisotopic (exact) mass is 335 g/mol. The van der Waals surface area contributed by atoms with E-state index in [9.17, 15) is 9.18 Å². The fourth-order valence-corrected chi connectivity index (χ4v) is 2.74. The van der Waals surface area contributed by atoms with E-state index in [0.717, 1.165) is 0 Å². The summed E-state index contributed by atoms with van der Waals surface area (Å²) in [5.41, 5.74) is 7.79. The Kier molecular flexibility index (Phi) is 3.53. The highest BCUT2D eigenvalue weighted by Crippen LogP contribution is 2.19.